The van der Waals surface area contributed by atoms with Crippen LogP contribution in [-0.2, 0) is 0 Å². The number of amides is 1. The van der Waals surface area contributed by atoms with Crippen LogP contribution in [0, 0.1) is 12.3 Å². The van der Waals surface area contributed by atoms with E-state index in [9.17, 15) is 9.90 Å². The van der Waals surface area contributed by atoms with Crippen LogP contribution >= 0.6 is 11.6 Å². The number of carbonyl (C=O) groups excluding carboxylic acids is 1. The topological polar surface area (TPSA) is 62.2 Å². The van der Waals surface area contributed by atoms with Crippen molar-refractivity contribution < 1.29 is 9.90 Å². The molecule has 106 valence electrons. The highest BCUT2D eigenvalue weighted by Gasteiger charge is 2.26. The van der Waals surface area contributed by atoms with Crippen LogP contribution in [0.15, 0.2) is 12.1 Å². The number of rotatable bonds is 6. The van der Waals surface area contributed by atoms with E-state index >= 15 is 0 Å². The predicted octanol–water partition coefficient (Wildman–Crippen LogP) is 2.57. The first-order chi connectivity index (χ1) is 8.98. The number of halogens is 1. The van der Waals surface area contributed by atoms with E-state index in [1.807, 2.05) is 13.8 Å². The van der Waals surface area contributed by atoms with Gasteiger partial charge in [-0.25, -0.2) is 4.98 Å². The van der Waals surface area contributed by atoms with Gasteiger partial charge in [0.15, 0.2) is 0 Å². The third-order valence-electron chi connectivity index (χ3n) is 3.76. The van der Waals surface area contributed by atoms with E-state index in [0.29, 0.717) is 23.0 Å². The molecule has 1 heterocycles. The monoisotopic (exact) mass is 284 g/mol. The lowest BCUT2D eigenvalue weighted by atomic mass is 9.83. The second-order valence-corrected chi connectivity index (χ2v) is 5.20. The number of nitrogens with zero attached hydrogens (tertiary/aromatic N) is 1. The lowest BCUT2D eigenvalue weighted by molar-refractivity contribution is 0.0850. The van der Waals surface area contributed by atoms with Crippen molar-refractivity contribution in [3.05, 3.63) is 28.5 Å². The molecule has 0 radical (unpaired) electrons. The number of hydrogen-bond donors (Lipinski definition) is 2. The third-order valence-corrected chi connectivity index (χ3v) is 3.97. The molecular formula is C14H21ClN2O2. The smallest absolute Gasteiger partial charge is 0.253 e. The van der Waals surface area contributed by atoms with E-state index in [1.165, 1.54) is 0 Å². The molecule has 2 N–H and O–H groups in total. The van der Waals surface area contributed by atoms with Gasteiger partial charge in [0.25, 0.3) is 5.91 Å². The fourth-order valence-electron chi connectivity index (χ4n) is 1.91. The SMILES string of the molecule is CCC(CC)(CO)CNC(=O)c1ccc(Cl)nc1C. The van der Waals surface area contributed by atoms with E-state index in [1.54, 1.807) is 19.1 Å². The Hall–Kier alpha value is -1.13. The minimum Gasteiger partial charge on any atom is -0.396 e. The first kappa shape index (κ1) is 15.9. The molecule has 0 fully saturated rings. The summed E-state index contributed by atoms with van der Waals surface area (Å²) in [5.41, 5.74) is 0.875. The van der Waals surface area contributed by atoms with Crippen molar-refractivity contribution in [2.75, 3.05) is 13.2 Å². The van der Waals surface area contributed by atoms with Gasteiger partial charge in [-0.15, -0.1) is 0 Å². The Morgan fingerprint density at radius 2 is 2.05 bits per heavy atom. The van der Waals surface area contributed by atoms with E-state index in [4.69, 9.17) is 11.6 Å². The van der Waals surface area contributed by atoms with E-state index < -0.39 is 0 Å². The van der Waals surface area contributed by atoms with Gasteiger partial charge in [0, 0.05) is 12.0 Å². The maximum atomic E-state index is 12.1. The first-order valence-electron chi connectivity index (χ1n) is 6.50. The third kappa shape index (κ3) is 3.91. The molecule has 0 aliphatic carbocycles. The number of hydrogen-bond acceptors (Lipinski definition) is 3. The normalized spacial score (nSPS) is 11.4. The van der Waals surface area contributed by atoms with Crippen LogP contribution in [0.3, 0.4) is 0 Å². The number of aromatic nitrogens is 1. The summed E-state index contributed by atoms with van der Waals surface area (Å²) in [5.74, 6) is -0.179. The minimum atomic E-state index is -0.247. The van der Waals surface area contributed by atoms with E-state index in [-0.39, 0.29) is 17.9 Å². The van der Waals surface area contributed by atoms with Gasteiger partial charge < -0.3 is 10.4 Å². The summed E-state index contributed by atoms with van der Waals surface area (Å²) in [6.45, 7) is 6.30. The van der Waals surface area contributed by atoms with Gasteiger partial charge in [-0.05, 0) is 31.9 Å². The number of aryl methyl sites for hydroxylation is 1. The molecule has 1 amide bonds. The van der Waals surface area contributed by atoms with Gasteiger partial charge in [0.05, 0.1) is 17.9 Å². The average Bonchev–Trinajstić information content (AvgIpc) is 2.40. The molecule has 0 saturated carbocycles. The molecule has 0 bridgehead atoms. The molecule has 4 nitrogen and oxygen atoms in total. The molecule has 0 aliphatic heterocycles. The van der Waals surface area contributed by atoms with Crippen LogP contribution in [0.4, 0.5) is 0 Å². The Labute approximate surface area is 119 Å². The maximum absolute atomic E-state index is 12.1. The number of carbonyl (C=O) groups is 1. The summed E-state index contributed by atoms with van der Waals surface area (Å²) < 4.78 is 0. The zero-order chi connectivity index (χ0) is 14.5. The molecule has 0 spiro atoms. The Balaban J connectivity index is 2.75. The molecular weight excluding hydrogens is 264 g/mol. The summed E-state index contributed by atoms with van der Waals surface area (Å²) in [5, 5.41) is 12.7. The summed E-state index contributed by atoms with van der Waals surface area (Å²) in [6, 6.07) is 3.26. The van der Waals surface area contributed by atoms with Crippen molar-refractivity contribution >= 4 is 17.5 Å². The number of pyridine rings is 1. The highest BCUT2D eigenvalue weighted by atomic mass is 35.5. The van der Waals surface area contributed by atoms with Crippen LogP contribution in [-0.4, -0.2) is 29.1 Å². The van der Waals surface area contributed by atoms with Crippen molar-refractivity contribution in [1.82, 2.24) is 10.3 Å². The number of aliphatic hydroxyl groups is 1. The maximum Gasteiger partial charge on any atom is 0.253 e. The van der Waals surface area contributed by atoms with Crippen molar-refractivity contribution in [3.63, 3.8) is 0 Å². The van der Waals surface area contributed by atoms with Gasteiger partial charge >= 0.3 is 0 Å². The quantitative estimate of drug-likeness (QED) is 0.789. The zero-order valence-electron chi connectivity index (χ0n) is 11.7. The average molecular weight is 285 g/mol. The number of aliphatic hydroxyl groups excluding tert-OH is 1. The van der Waals surface area contributed by atoms with Crippen LogP contribution in [0.25, 0.3) is 0 Å². The van der Waals surface area contributed by atoms with Crippen LogP contribution < -0.4 is 5.32 Å². The Morgan fingerprint density at radius 3 is 2.53 bits per heavy atom. The van der Waals surface area contributed by atoms with Crippen molar-refractivity contribution in [1.29, 1.82) is 0 Å². The Morgan fingerprint density at radius 1 is 1.42 bits per heavy atom. The van der Waals surface area contributed by atoms with Crippen molar-refractivity contribution in [2.24, 2.45) is 5.41 Å². The fraction of sp³-hybridized carbons (Fsp3) is 0.571. The van der Waals surface area contributed by atoms with Gasteiger partial charge in [-0.2, -0.15) is 0 Å². The molecule has 0 atom stereocenters. The molecule has 0 aliphatic rings. The summed E-state index contributed by atoms with van der Waals surface area (Å²) in [4.78, 5) is 16.2. The second kappa shape index (κ2) is 6.87. The molecule has 5 heteroatoms. The lowest BCUT2D eigenvalue weighted by Gasteiger charge is -2.29. The fourth-order valence-corrected chi connectivity index (χ4v) is 2.10. The van der Waals surface area contributed by atoms with E-state index in [2.05, 4.69) is 10.3 Å². The van der Waals surface area contributed by atoms with Gasteiger partial charge in [-0.3, -0.25) is 4.79 Å². The Bertz CT molecular complexity index is 437. The molecule has 1 aromatic rings. The van der Waals surface area contributed by atoms with Gasteiger partial charge in [-0.1, -0.05) is 25.4 Å². The zero-order valence-corrected chi connectivity index (χ0v) is 12.4. The molecule has 0 unspecified atom stereocenters. The standard InChI is InChI=1S/C14H21ClN2O2/c1-4-14(5-2,9-18)8-16-13(19)11-6-7-12(15)17-10(11)3/h6-7,18H,4-5,8-9H2,1-3H3,(H,16,19). The second-order valence-electron chi connectivity index (χ2n) is 4.81. The van der Waals surface area contributed by atoms with Crippen LogP contribution in [0.5, 0.6) is 0 Å². The highest BCUT2D eigenvalue weighted by molar-refractivity contribution is 6.29. The van der Waals surface area contributed by atoms with Gasteiger partial charge in [0.1, 0.15) is 5.15 Å². The summed E-state index contributed by atoms with van der Waals surface area (Å²) in [6.07, 6.45) is 1.64. The molecule has 1 aromatic heterocycles. The molecule has 0 saturated heterocycles. The van der Waals surface area contributed by atoms with Crippen molar-refractivity contribution in [3.8, 4) is 0 Å². The summed E-state index contributed by atoms with van der Waals surface area (Å²) >= 11 is 5.76. The van der Waals surface area contributed by atoms with Crippen LogP contribution in [0.1, 0.15) is 42.7 Å². The lowest BCUT2D eigenvalue weighted by Crippen LogP contribution is -2.39. The van der Waals surface area contributed by atoms with Gasteiger partial charge in [0.2, 0.25) is 0 Å². The molecule has 1 rings (SSSR count). The Kier molecular flexibility index (Phi) is 5.76. The first-order valence-corrected chi connectivity index (χ1v) is 6.88. The molecule has 19 heavy (non-hydrogen) atoms. The molecule has 0 aromatic carbocycles. The largest absolute Gasteiger partial charge is 0.396 e. The highest BCUT2D eigenvalue weighted by Crippen LogP contribution is 2.24. The van der Waals surface area contributed by atoms with E-state index in [0.717, 1.165) is 12.8 Å². The predicted molar refractivity (Wildman–Crippen MR) is 76.4 cm³/mol. The summed E-state index contributed by atoms with van der Waals surface area (Å²) in [7, 11) is 0. The van der Waals surface area contributed by atoms with Crippen LogP contribution in [0.2, 0.25) is 5.15 Å². The number of nitrogens with one attached hydrogen (secondary N) is 1. The van der Waals surface area contributed by atoms with Crippen molar-refractivity contribution in [2.45, 2.75) is 33.6 Å². The minimum absolute atomic E-state index is 0.0676.